The molecule has 0 saturated heterocycles. The number of ether oxygens (including phenoxy) is 1. The van der Waals surface area contributed by atoms with E-state index in [0.29, 0.717) is 37.5 Å². The number of carbonyl (C=O) groups excluding carboxylic acids is 2. The lowest BCUT2D eigenvalue weighted by Gasteiger charge is -2.21. The zero-order valence-corrected chi connectivity index (χ0v) is 17.5. The van der Waals surface area contributed by atoms with Crippen LogP contribution in [0.25, 0.3) is 5.82 Å². The highest BCUT2D eigenvalue weighted by Crippen LogP contribution is 2.26. The van der Waals surface area contributed by atoms with Crippen LogP contribution in [0.3, 0.4) is 0 Å². The number of esters is 1. The van der Waals surface area contributed by atoms with Crippen molar-refractivity contribution in [2.24, 2.45) is 5.73 Å². The maximum absolute atomic E-state index is 11.7. The van der Waals surface area contributed by atoms with Crippen molar-refractivity contribution in [3.63, 3.8) is 0 Å². The number of benzene rings is 1. The van der Waals surface area contributed by atoms with E-state index in [9.17, 15) is 9.59 Å². The molecule has 0 fully saturated rings. The number of nitriles is 1. The predicted molar refractivity (Wildman–Crippen MR) is 112 cm³/mol. The van der Waals surface area contributed by atoms with Crippen LogP contribution in [0.15, 0.2) is 36.8 Å². The van der Waals surface area contributed by atoms with Gasteiger partial charge in [0, 0.05) is 24.8 Å². The van der Waals surface area contributed by atoms with Gasteiger partial charge in [0.05, 0.1) is 12.1 Å². The molecule has 3 heterocycles. The van der Waals surface area contributed by atoms with Gasteiger partial charge >= 0.3 is 5.97 Å². The third kappa shape index (κ3) is 4.48. The van der Waals surface area contributed by atoms with E-state index < -0.39 is 5.91 Å². The molecule has 10 heteroatoms. The molecule has 1 amide bonds. The van der Waals surface area contributed by atoms with Gasteiger partial charge in [0.25, 0.3) is 5.82 Å². The Labute approximate surface area is 184 Å². The van der Waals surface area contributed by atoms with Crippen molar-refractivity contribution in [2.75, 3.05) is 13.1 Å². The summed E-state index contributed by atoms with van der Waals surface area (Å²) in [6, 6.07) is 9.27. The average molecular weight is 431 g/mol. The fourth-order valence-corrected chi connectivity index (χ4v) is 3.71. The summed E-state index contributed by atoms with van der Waals surface area (Å²) in [6.07, 6.45) is 3.82. The van der Waals surface area contributed by atoms with Gasteiger partial charge in [-0.05, 0) is 42.2 Å². The van der Waals surface area contributed by atoms with Gasteiger partial charge in [0.15, 0.2) is 5.82 Å². The number of pyridine rings is 1. The summed E-state index contributed by atoms with van der Waals surface area (Å²) in [6.45, 7) is 3.50. The van der Waals surface area contributed by atoms with E-state index in [0.717, 1.165) is 22.3 Å². The normalized spacial score (nSPS) is 12.5. The van der Waals surface area contributed by atoms with Crippen molar-refractivity contribution in [3.05, 3.63) is 70.4 Å². The summed E-state index contributed by atoms with van der Waals surface area (Å²) in [5.41, 5.74) is 10.1. The summed E-state index contributed by atoms with van der Waals surface area (Å²) >= 11 is 0. The minimum atomic E-state index is -0.411. The molecule has 0 unspecified atom stereocenters. The number of cyclic esters (lactones) is 1. The standard InChI is InChI=1S/C22H21N7O3/c1-14-16(3-4-17-18(14)12-32-22(17)31)6-7-28(11-19(24)30)10-15-2-5-21(25-9-15)29-13-26-20(8-23)27-29/h2-5,9,13H,6-7,10-12H2,1H3,(H2,24,30). The van der Waals surface area contributed by atoms with Crippen LogP contribution in [0, 0.1) is 18.3 Å². The van der Waals surface area contributed by atoms with Gasteiger partial charge in [-0.2, -0.15) is 5.26 Å². The van der Waals surface area contributed by atoms with Crippen molar-refractivity contribution < 1.29 is 14.3 Å². The van der Waals surface area contributed by atoms with Gasteiger partial charge in [0.2, 0.25) is 5.91 Å². The predicted octanol–water partition coefficient (Wildman–Crippen LogP) is 1.04. The van der Waals surface area contributed by atoms with E-state index in [1.807, 2.05) is 30.0 Å². The first-order valence-electron chi connectivity index (χ1n) is 10.0. The number of hydrogen-bond donors (Lipinski definition) is 1. The van der Waals surface area contributed by atoms with Crippen molar-refractivity contribution in [1.82, 2.24) is 24.6 Å². The molecule has 0 aliphatic carbocycles. The summed E-state index contributed by atoms with van der Waals surface area (Å²) in [7, 11) is 0. The summed E-state index contributed by atoms with van der Waals surface area (Å²) < 4.78 is 6.55. The molecule has 162 valence electrons. The van der Waals surface area contributed by atoms with Gasteiger partial charge in [-0.3, -0.25) is 9.69 Å². The lowest BCUT2D eigenvalue weighted by Crippen LogP contribution is -2.35. The summed E-state index contributed by atoms with van der Waals surface area (Å²) in [4.78, 5) is 33.5. The average Bonchev–Trinajstić information content (AvgIpc) is 3.41. The van der Waals surface area contributed by atoms with Crippen LogP contribution in [0.4, 0.5) is 0 Å². The van der Waals surface area contributed by atoms with Crippen LogP contribution < -0.4 is 5.73 Å². The van der Waals surface area contributed by atoms with E-state index >= 15 is 0 Å². The number of primary amides is 1. The highest BCUT2D eigenvalue weighted by atomic mass is 16.5. The Morgan fingerprint density at radius 2 is 2.16 bits per heavy atom. The first-order valence-corrected chi connectivity index (χ1v) is 10.0. The van der Waals surface area contributed by atoms with E-state index in [-0.39, 0.29) is 18.3 Å². The summed E-state index contributed by atoms with van der Waals surface area (Å²) in [5, 5.41) is 12.9. The Hall–Kier alpha value is -4.10. The fraction of sp³-hybridized carbons (Fsp3) is 0.273. The van der Waals surface area contributed by atoms with Gasteiger partial charge in [0.1, 0.15) is 19.0 Å². The lowest BCUT2D eigenvalue weighted by molar-refractivity contribution is -0.119. The van der Waals surface area contributed by atoms with Crippen molar-refractivity contribution >= 4 is 11.9 Å². The van der Waals surface area contributed by atoms with Crippen LogP contribution in [-0.2, 0) is 29.1 Å². The topological polar surface area (TPSA) is 140 Å². The highest BCUT2D eigenvalue weighted by molar-refractivity contribution is 5.93. The molecule has 2 N–H and O–H groups in total. The second-order valence-corrected chi connectivity index (χ2v) is 7.53. The SMILES string of the molecule is Cc1c(CCN(CC(N)=O)Cc2ccc(-n3cnc(C#N)n3)nc2)ccc2c1COC2=O. The van der Waals surface area contributed by atoms with E-state index in [1.54, 1.807) is 18.3 Å². The summed E-state index contributed by atoms with van der Waals surface area (Å²) in [5.74, 6) is -0.0855. The minimum absolute atomic E-state index is 0.0706. The van der Waals surface area contributed by atoms with Crippen molar-refractivity contribution in [3.8, 4) is 11.9 Å². The first kappa shape index (κ1) is 21.1. The van der Waals surface area contributed by atoms with Crippen LogP contribution in [0.5, 0.6) is 0 Å². The van der Waals surface area contributed by atoms with E-state index in [2.05, 4.69) is 15.1 Å². The number of nitrogens with two attached hydrogens (primary N) is 1. The molecule has 0 atom stereocenters. The smallest absolute Gasteiger partial charge is 0.338 e. The molecular weight excluding hydrogens is 410 g/mol. The molecular formula is C22H21N7O3. The van der Waals surface area contributed by atoms with E-state index in [1.165, 1.54) is 11.0 Å². The maximum atomic E-state index is 11.7. The van der Waals surface area contributed by atoms with Crippen molar-refractivity contribution in [2.45, 2.75) is 26.5 Å². The zero-order chi connectivity index (χ0) is 22.7. The second-order valence-electron chi connectivity index (χ2n) is 7.53. The quantitative estimate of drug-likeness (QED) is 0.522. The number of aromatic nitrogens is 4. The van der Waals surface area contributed by atoms with Gasteiger partial charge < -0.3 is 10.5 Å². The number of rotatable bonds is 8. The van der Waals surface area contributed by atoms with Crippen LogP contribution >= 0.6 is 0 Å². The molecule has 1 aliphatic heterocycles. The van der Waals surface area contributed by atoms with Crippen molar-refractivity contribution in [1.29, 1.82) is 5.26 Å². The van der Waals surface area contributed by atoms with E-state index in [4.69, 9.17) is 15.7 Å². The number of hydrogen-bond acceptors (Lipinski definition) is 8. The molecule has 0 radical (unpaired) electrons. The maximum Gasteiger partial charge on any atom is 0.338 e. The minimum Gasteiger partial charge on any atom is -0.457 e. The fourth-order valence-electron chi connectivity index (χ4n) is 3.71. The molecule has 2 aromatic heterocycles. The molecule has 0 spiro atoms. The Kier molecular flexibility index (Phi) is 5.91. The van der Waals surface area contributed by atoms with Gasteiger partial charge in [-0.25, -0.2) is 19.4 Å². The largest absolute Gasteiger partial charge is 0.457 e. The van der Waals surface area contributed by atoms with Crippen LogP contribution in [0.1, 0.15) is 38.4 Å². The van der Waals surface area contributed by atoms with Gasteiger partial charge in [-0.15, -0.1) is 5.10 Å². The highest BCUT2D eigenvalue weighted by Gasteiger charge is 2.24. The number of amides is 1. The Morgan fingerprint density at radius 3 is 2.84 bits per heavy atom. The number of carbonyl (C=O) groups is 2. The molecule has 3 aromatic rings. The van der Waals surface area contributed by atoms with Gasteiger partial charge in [-0.1, -0.05) is 12.1 Å². The molecule has 10 nitrogen and oxygen atoms in total. The lowest BCUT2D eigenvalue weighted by atomic mass is 9.96. The van der Waals surface area contributed by atoms with Crippen LogP contribution in [0.2, 0.25) is 0 Å². The number of nitrogens with zero attached hydrogens (tertiary/aromatic N) is 6. The number of fused-ring (bicyclic) bond motifs is 1. The Bertz CT molecular complexity index is 1210. The van der Waals surface area contributed by atoms with Crippen LogP contribution in [-0.4, -0.2) is 49.6 Å². The molecule has 1 aromatic carbocycles. The molecule has 1 aliphatic rings. The molecule has 32 heavy (non-hydrogen) atoms. The molecule has 4 rings (SSSR count). The second kappa shape index (κ2) is 8.95. The molecule has 0 saturated carbocycles. The third-order valence-corrected chi connectivity index (χ3v) is 5.40. The third-order valence-electron chi connectivity index (χ3n) is 5.40. The molecule has 0 bridgehead atoms. The zero-order valence-electron chi connectivity index (χ0n) is 17.5. The monoisotopic (exact) mass is 431 g/mol. The Balaban J connectivity index is 1.44. The Morgan fingerprint density at radius 1 is 1.31 bits per heavy atom. The first-order chi connectivity index (χ1) is 15.4.